The van der Waals surface area contributed by atoms with Gasteiger partial charge in [0.15, 0.2) is 0 Å². The maximum atomic E-state index is 13.2. The van der Waals surface area contributed by atoms with Gasteiger partial charge >= 0.3 is 0 Å². The van der Waals surface area contributed by atoms with Gasteiger partial charge in [-0.3, -0.25) is 9.69 Å². The summed E-state index contributed by atoms with van der Waals surface area (Å²) in [7, 11) is 1.56. The van der Waals surface area contributed by atoms with Crippen LogP contribution in [0.5, 0.6) is 5.75 Å². The number of rotatable bonds is 3. The molecule has 2 aliphatic heterocycles. The summed E-state index contributed by atoms with van der Waals surface area (Å²) in [6.07, 6.45) is 1.77. The standard InChI is InChI=1S/C16H21FN2O3/c1-21-14-8-13(17)3-2-12(14)9-19-6-4-16(5-7-19)11-18-15(20)10-22-16/h2-3,8H,4-7,9-11H2,1H3,(H,18,20). The molecule has 2 heterocycles. The van der Waals surface area contributed by atoms with Gasteiger partial charge in [0.25, 0.3) is 0 Å². The van der Waals surface area contributed by atoms with Gasteiger partial charge in [0.05, 0.1) is 12.7 Å². The third-order valence-electron chi connectivity index (χ3n) is 4.53. The minimum Gasteiger partial charge on any atom is -0.496 e. The van der Waals surface area contributed by atoms with E-state index in [2.05, 4.69) is 10.2 Å². The highest BCUT2D eigenvalue weighted by atomic mass is 19.1. The number of carbonyl (C=O) groups excluding carboxylic acids is 1. The molecule has 2 fully saturated rings. The summed E-state index contributed by atoms with van der Waals surface area (Å²) in [6.45, 7) is 3.25. The van der Waals surface area contributed by atoms with Crippen LogP contribution in [0.25, 0.3) is 0 Å². The van der Waals surface area contributed by atoms with Crippen LogP contribution in [0.3, 0.4) is 0 Å². The van der Waals surface area contributed by atoms with Gasteiger partial charge < -0.3 is 14.8 Å². The Kier molecular flexibility index (Phi) is 4.31. The average molecular weight is 308 g/mol. The number of carbonyl (C=O) groups is 1. The van der Waals surface area contributed by atoms with E-state index < -0.39 is 0 Å². The van der Waals surface area contributed by atoms with Gasteiger partial charge in [0.1, 0.15) is 18.2 Å². The van der Waals surface area contributed by atoms with Gasteiger partial charge in [0, 0.05) is 37.8 Å². The van der Waals surface area contributed by atoms with Gasteiger partial charge in [0.2, 0.25) is 5.91 Å². The molecule has 22 heavy (non-hydrogen) atoms. The zero-order valence-corrected chi connectivity index (χ0v) is 12.7. The molecule has 0 saturated carbocycles. The lowest BCUT2D eigenvalue weighted by molar-refractivity contribution is -0.150. The maximum Gasteiger partial charge on any atom is 0.246 e. The molecule has 1 amide bonds. The van der Waals surface area contributed by atoms with E-state index in [9.17, 15) is 9.18 Å². The number of halogens is 1. The lowest BCUT2D eigenvalue weighted by atomic mass is 9.89. The summed E-state index contributed by atoms with van der Waals surface area (Å²) in [4.78, 5) is 13.5. The van der Waals surface area contributed by atoms with Crippen LogP contribution in [0.2, 0.25) is 0 Å². The van der Waals surface area contributed by atoms with E-state index in [-0.39, 0.29) is 23.9 Å². The number of hydrogen-bond acceptors (Lipinski definition) is 4. The number of amides is 1. The Morgan fingerprint density at radius 2 is 2.18 bits per heavy atom. The predicted octanol–water partition coefficient (Wildman–Crippen LogP) is 1.32. The normalized spacial score (nSPS) is 21.6. The molecule has 2 saturated heterocycles. The average Bonchev–Trinajstić information content (AvgIpc) is 2.54. The quantitative estimate of drug-likeness (QED) is 0.915. The lowest BCUT2D eigenvalue weighted by Gasteiger charge is -2.43. The Bertz CT molecular complexity index is 544. The summed E-state index contributed by atoms with van der Waals surface area (Å²) in [5, 5.41) is 2.89. The minimum absolute atomic E-state index is 0.0379. The van der Waals surface area contributed by atoms with E-state index in [1.807, 2.05) is 0 Å². The Labute approximate surface area is 129 Å². The Morgan fingerprint density at radius 3 is 2.82 bits per heavy atom. The van der Waals surface area contributed by atoms with Crippen molar-refractivity contribution in [3.63, 3.8) is 0 Å². The summed E-state index contributed by atoms with van der Waals surface area (Å²) in [5.41, 5.74) is 0.773. The van der Waals surface area contributed by atoms with E-state index in [0.29, 0.717) is 12.3 Å². The minimum atomic E-state index is -0.287. The van der Waals surface area contributed by atoms with Crippen LogP contribution in [0.15, 0.2) is 18.2 Å². The first kappa shape index (κ1) is 15.2. The van der Waals surface area contributed by atoms with E-state index in [0.717, 1.165) is 38.0 Å². The molecule has 1 aromatic rings. The first-order valence-electron chi connectivity index (χ1n) is 7.56. The molecule has 1 N–H and O–H groups in total. The fraction of sp³-hybridized carbons (Fsp3) is 0.562. The van der Waals surface area contributed by atoms with Gasteiger partial charge in [-0.2, -0.15) is 0 Å². The number of methoxy groups -OCH3 is 1. The highest BCUT2D eigenvalue weighted by Crippen LogP contribution is 2.29. The zero-order valence-electron chi connectivity index (χ0n) is 12.7. The monoisotopic (exact) mass is 308 g/mol. The van der Waals surface area contributed by atoms with Crippen molar-refractivity contribution < 1.29 is 18.7 Å². The smallest absolute Gasteiger partial charge is 0.246 e. The maximum absolute atomic E-state index is 13.2. The van der Waals surface area contributed by atoms with Crippen molar-refractivity contribution in [1.82, 2.24) is 10.2 Å². The largest absolute Gasteiger partial charge is 0.496 e. The van der Waals surface area contributed by atoms with Crippen molar-refractivity contribution in [1.29, 1.82) is 0 Å². The molecule has 0 radical (unpaired) electrons. The number of piperidine rings is 1. The number of nitrogens with zero attached hydrogens (tertiary/aromatic N) is 1. The first-order valence-corrected chi connectivity index (χ1v) is 7.56. The zero-order chi connectivity index (χ0) is 15.6. The van der Waals surface area contributed by atoms with Gasteiger partial charge in [-0.05, 0) is 18.9 Å². The summed E-state index contributed by atoms with van der Waals surface area (Å²) < 4.78 is 24.3. The third kappa shape index (κ3) is 3.23. The number of likely N-dealkylation sites (tertiary alicyclic amines) is 1. The van der Waals surface area contributed by atoms with Crippen LogP contribution in [-0.2, 0) is 16.1 Å². The van der Waals surface area contributed by atoms with Crippen molar-refractivity contribution >= 4 is 5.91 Å². The molecule has 0 aromatic heterocycles. The molecule has 0 bridgehead atoms. The van der Waals surface area contributed by atoms with E-state index in [4.69, 9.17) is 9.47 Å². The van der Waals surface area contributed by atoms with Gasteiger partial charge in [-0.15, -0.1) is 0 Å². The van der Waals surface area contributed by atoms with Crippen LogP contribution in [0, 0.1) is 5.82 Å². The summed E-state index contributed by atoms with van der Waals surface area (Å²) in [6, 6.07) is 4.65. The van der Waals surface area contributed by atoms with Gasteiger partial charge in [-0.25, -0.2) is 4.39 Å². The van der Waals surface area contributed by atoms with Crippen LogP contribution in [-0.4, -0.2) is 49.8 Å². The molecular weight excluding hydrogens is 287 g/mol. The molecule has 0 atom stereocenters. The van der Waals surface area contributed by atoms with Crippen LogP contribution in [0.4, 0.5) is 4.39 Å². The number of morpholine rings is 1. The SMILES string of the molecule is COc1cc(F)ccc1CN1CCC2(CC1)CNC(=O)CO2. The van der Waals surface area contributed by atoms with Crippen LogP contribution < -0.4 is 10.1 Å². The second-order valence-corrected chi connectivity index (χ2v) is 5.98. The molecule has 6 heteroatoms. The predicted molar refractivity (Wildman–Crippen MR) is 79.2 cm³/mol. The van der Waals surface area contributed by atoms with Crippen LogP contribution >= 0.6 is 0 Å². The molecule has 1 aromatic carbocycles. The molecule has 120 valence electrons. The fourth-order valence-electron chi connectivity index (χ4n) is 3.11. The Morgan fingerprint density at radius 1 is 1.41 bits per heavy atom. The molecule has 3 rings (SSSR count). The fourth-order valence-corrected chi connectivity index (χ4v) is 3.11. The number of benzene rings is 1. The van der Waals surface area contributed by atoms with Crippen molar-refractivity contribution in [2.24, 2.45) is 0 Å². The highest BCUT2D eigenvalue weighted by molar-refractivity contribution is 5.78. The summed E-state index contributed by atoms with van der Waals surface area (Å²) in [5.74, 6) is 0.259. The Hall–Kier alpha value is -1.66. The van der Waals surface area contributed by atoms with E-state index in [1.165, 1.54) is 12.1 Å². The number of nitrogens with one attached hydrogen (secondary N) is 1. The van der Waals surface area contributed by atoms with Gasteiger partial charge in [-0.1, -0.05) is 6.07 Å². The van der Waals surface area contributed by atoms with Crippen molar-refractivity contribution in [2.75, 3.05) is 33.4 Å². The van der Waals surface area contributed by atoms with E-state index in [1.54, 1.807) is 13.2 Å². The second-order valence-electron chi connectivity index (χ2n) is 5.98. The lowest BCUT2D eigenvalue weighted by Crippen LogP contribution is -2.57. The molecule has 0 unspecified atom stereocenters. The van der Waals surface area contributed by atoms with Crippen molar-refractivity contribution in [3.05, 3.63) is 29.6 Å². The summed E-state index contributed by atoms with van der Waals surface area (Å²) >= 11 is 0. The molecule has 5 nitrogen and oxygen atoms in total. The molecule has 1 spiro atoms. The number of hydrogen-bond donors (Lipinski definition) is 1. The Balaban J connectivity index is 1.59. The molecule has 2 aliphatic rings. The second kappa shape index (κ2) is 6.22. The number of ether oxygens (including phenoxy) is 2. The van der Waals surface area contributed by atoms with Crippen molar-refractivity contribution in [2.45, 2.75) is 25.0 Å². The first-order chi connectivity index (χ1) is 10.6. The molecule has 0 aliphatic carbocycles. The highest BCUT2D eigenvalue weighted by Gasteiger charge is 2.38. The third-order valence-corrected chi connectivity index (χ3v) is 4.53. The van der Waals surface area contributed by atoms with E-state index >= 15 is 0 Å². The van der Waals surface area contributed by atoms with Crippen LogP contribution in [0.1, 0.15) is 18.4 Å². The topological polar surface area (TPSA) is 50.8 Å². The van der Waals surface area contributed by atoms with Crippen molar-refractivity contribution in [3.8, 4) is 5.75 Å². The molecular formula is C16H21FN2O3.